The lowest BCUT2D eigenvalue weighted by atomic mass is 10.1. The van der Waals surface area contributed by atoms with E-state index in [-0.39, 0.29) is 0 Å². The number of hydrogen-bond acceptors (Lipinski definition) is 5. The summed E-state index contributed by atoms with van der Waals surface area (Å²) >= 11 is 1.74. The molecule has 0 N–H and O–H groups in total. The van der Waals surface area contributed by atoms with E-state index < -0.39 is 0 Å². The molecule has 9 aromatic rings. The van der Waals surface area contributed by atoms with Gasteiger partial charge in [-0.05, 0) is 36.4 Å². The van der Waals surface area contributed by atoms with Crippen molar-refractivity contribution in [1.29, 1.82) is 0 Å². The summed E-state index contributed by atoms with van der Waals surface area (Å²) in [4.78, 5) is 20.6. The van der Waals surface area contributed by atoms with Crippen LogP contribution in [0.5, 0.6) is 0 Å². The van der Waals surface area contributed by atoms with Crippen LogP contribution in [0.15, 0.2) is 140 Å². The molecule has 5 nitrogen and oxygen atoms in total. The average molecular weight is 582 g/mol. The smallest absolute Gasteiger partial charge is 0.164 e. The van der Waals surface area contributed by atoms with Crippen LogP contribution in [0.2, 0.25) is 0 Å². The number of pyridine rings is 1. The third kappa shape index (κ3) is 3.92. The van der Waals surface area contributed by atoms with Crippen molar-refractivity contribution in [3.63, 3.8) is 0 Å². The molecule has 206 valence electrons. The van der Waals surface area contributed by atoms with Gasteiger partial charge >= 0.3 is 0 Å². The molecule has 0 saturated heterocycles. The molecule has 0 aliphatic rings. The topological polar surface area (TPSA) is 56.5 Å². The zero-order valence-corrected chi connectivity index (χ0v) is 24.2. The summed E-state index contributed by atoms with van der Waals surface area (Å²) in [6, 6.07) is 45.8. The van der Waals surface area contributed by atoms with Crippen LogP contribution in [0.1, 0.15) is 0 Å². The number of para-hydroxylation sites is 1. The van der Waals surface area contributed by atoms with Gasteiger partial charge in [-0.3, -0.25) is 0 Å². The van der Waals surface area contributed by atoms with Crippen molar-refractivity contribution in [3.8, 4) is 39.9 Å². The largest absolute Gasteiger partial charge is 0.308 e. The third-order valence-electron chi connectivity index (χ3n) is 8.12. The second-order valence-electron chi connectivity index (χ2n) is 10.7. The Kier molecular flexibility index (Phi) is 5.61. The van der Waals surface area contributed by atoms with Gasteiger partial charge in [0, 0.05) is 54.8 Å². The first-order chi connectivity index (χ1) is 21.8. The Morgan fingerprint density at radius 2 is 1.02 bits per heavy atom. The summed E-state index contributed by atoms with van der Waals surface area (Å²) in [5.74, 6) is 1.95. The van der Waals surface area contributed by atoms with E-state index in [1.165, 1.54) is 26.4 Å². The Balaban J connectivity index is 1.25. The number of fused-ring (bicyclic) bond motifs is 7. The molecule has 0 aliphatic carbocycles. The van der Waals surface area contributed by atoms with Gasteiger partial charge in [0.15, 0.2) is 17.5 Å². The Bertz CT molecular complexity index is 2420. The number of benzene rings is 5. The zero-order valence-electron chi connectivity index (χ0n) is 23.4. The van der Waals surface area contributed by atoms with Crippen molar-refractivity contribution in [2.45, 2.75) is 0 Å². The molecule has 4 aromatic heterocycles. The summed E-state index contributed by atoms with van der Waals surface area (Å²) in [6.07, 6.45) is 2.03. The van der Waals surface area contributed by atoms with Crippen molar-refractivity contribution >= 4 is 53.4 Å². The lowest BCUT2D eigenvalue weighted by molar-refractivity contribution is 1.07. The molecule has 0 atom stereocenters. The number of hydrogen-bond donors (Lipinski definition) is 0. The van der Waals surface area contributed by atoms with Crippen LogP contribution in [0.25, 0.3) is 82.0 Å². The molecule has 0 radical (unpaired) electrons. The quantitative estimate of drug-likeness (QED) is 0.208. The van der Waals surface area contributed by atoms with Gasteiger partial charge in [0.25, 0.3) is 0 Å². The van der Waals surface area contributed by atoms with E-state index in [0.29, 0.717) is 17.5 Å². The first-order valence-electron chi connectivity index (χ1n) is 14.5. The molecule has 0 amide bonds. The number of aromatic nitrogens is 5. The van der Waals surface area contributed by atoms with Crippen molar-refractivity contribution in [1.82, 2.24) is 24.5 Å². The van der Waals surface area contributed by atoms with Crippen LogP contribution in [-0.2, 0) is 0 Å². The molecule has 0 fully saturated rings. The standard InChI is InChI=1S/C38H23N5S/c1-3-11-24(12-4-1)35-40-36(25-13-5-2-6-14-25)42-37(41-35)26-19-21-27(22-20-26)43-31-17-9-7-15-28(31)30-23-39-38-33(34(30)43)29-16-8-10-18-32(29)44-38/h1-23H. The second kappa shape index (κ2) is 9.93. The molecule has 0 aliphatic heterocycles. The predicted octanol–water partition coefficient (Wildman–Crippen LogP) is 9.73. The lowest BCUT2D eigenvalue weighted by Crippen LogP contribution is -2.00. The van der Waals surface area contributed by atoms with E-state index in [4.69, 9.17) is 19.9 Å². The third-order valence-corrected chi connectivity index (χ3v) is 9.20. The predicted molar refractivity (Wildman–Crippen MR) is 181 cm³/mol. The maximum absolute atomic E-state index is 4.92. The summed E-state index contributed by atoms with van der Waals surface area (Å²) in [6.45, 7) is 0. The summed E-state index contributed by atoms with van der Waals surface area (Å²) in [5, 5.41) is 4.77. The Hall–Kier alpha value is -5.72. The highest BCUT2D eigenvalue weighted by Gasteiger charge is 2.19. The minimum atomic E-state index is 0.641. The Morgan fingerprint density at radius 3 is 1.68 bits per heavy atom. The summed E-state index contributed by atoms with van der Waals surface area (Å²) < 4.78 is 3.61. The minimum Gasteiger partial charge on any atom is -0.308 e. The van der Waals surface area contributed by atoms with Crippen molar-refractivity contribution in [2.75, 3.05) is 0 Å². The molecule has 0 unspecified atom stereocenters. The van der Waals surface area contributed by atoms with Crippen LogP contribution in [-0.4, -0.2) is 24.5 Å². The molecule has 0 saturated carbocycles. The van der Waals surface area contributed by atoms with Gasteiger partial charge < -0.3 is 4.57 Å². The Morgan fingerprint density at radius 1 is 0.477 bits per heavy atom. The molecular weight excluding hydrogens is 559 g/mol. The highest BCUT2D eigenvalue weighted by atomic mass is 32.1. The van der Waals surface area contributed by atoms with Gasteiger partial charge in [0.05, 0.1) is 11.0 Å². The fraction of sp³-hybridized carbons (Fsp3) is 0. The molecule has 4 heterocycles. The monoisotopic (exact) mass is 581 g/mol. The van der Waals surface area contributed by atoms with E-state index in [1.807, 2.05) is 66.9 Å². The van der Waals surface area contributed by atoms with Crippen LogP contribution in [0, 0.1) is 0 Å². The van der Waals surface area contributed by atoms with Crippen LogP contribution < -0.4 is 0 Å². The van der Waals surface area contributed by atoms with Gasteiger partial charge in [-0.2, -0.15) is 0 Å². The van der Waals surface area contributed by atoms with E-state index in [1.54, 1.807) is 11.3 Å². The van der Waals surface area contributed by atoms with Gasteiger partial charge in [-0.25, -0.2) is 19.9 Å². The van der Waals surface area contributed by atoms with E-state index >= 15 is 0 Å². The first kappa shape index (κ1) is 24.8. The molecule has 9 rings (SSSR count). The van der Waals surface area contributed by atoms with Crippen LogP contribution >= 0.6 is 11.3 Å². The van der Waals surface area contributed by atoms with Gasteiger partial charge in [0.2, 0.25) is 0 Å². The van der Waals surface area contributed by atoms with Crippen molar-refractivity contribution in [3.05, 3.63) is 140 Å². The SMILES string of the molecule is c1ccc(-c2nc(-c3ccccc3)nc(-c3ccc(-n4c5ccccc5c5cnc6sc7ccccc7c6c54)cc3)n2)cc1. The van der Waals surface area contributed by atoms with E-state index in [0.717, 1.165) is 38.1 Å². The molecular formula is C38H23N5S. The van der Waals surface area contributed by atoms with Gasteiger partial charge in [-0.1, -0.05) is 97.1 Å². The average Bonchev–Trinajstić information content (AvgIpc) is 3.65. The highest BCUT2D eigenvalue weighted by molar-refractivity contribution is 7.25. The van der Waals surface area contributed by atoms with Gasteiger partial charge in [0.1, 0.15) is 4.83 Å². The molecule has 44 heavy (non-hydrogen) atoms. The number of rotatable bonds is 4. The van der Waals surface area contributed by atoms with Crippen LogP contribution in [0.4, 0.5) is 0 Å². The second-order valence-corrected chi connectivity index (χ2v) is 11.8. The Labute approximate surface area is 256 Å². The van der Waals surface area contributed by atoms with Crippen LogP contribution in [0.3, 0.4) is 0 Å². The first-order valence-corrected chi connectivity index (χ1v) is 15.3. The minimum absolute atomic E-state index is 0.641. The van der Waals surface area contributed by atoms with Gasteiger partial charge in [-0.15, -0.1) is 11.3 Å². The van der Waals surface area contributed by atoms with E-state index in [9.17, 15) is 0 Å². The molecule has 5 aromatic carbocycles. The maximum atomic E-state index is 4.92. The fourth-order valence-corrected chi connectivity index (χ4v) is 7.13. The molecule has 0 spiro atoms. The fourth-order valence-electron chi connectivity index (χ4n) is 6.08. The van der Waals surface area contributed by atoms with E-state index in [2.05, 4.69) is 77.4 Å². The molecule has 0 bridgehead atoms. The number of nitrogens with zero attached hydrogens (tertiary/aromatic N) is 5. The highest BCUT2D eigenvalue weighted by Crippen LogP contribution is 2.41. The van der Waals surface area contributed by atoms with Crippen molar-refractivity contribution in [2.24, 2.45) is 0 Å². The number of thiophene rings is 1. The zero-order chi connectivity index (χ0) is 29.0. The summed E-state index contributed by atoms with van der Waals surface area (Å²) in [5.41, 5.74) is 6.24. The van der Waals surface area contributed by atoms with Crippen molar-refractivity contribution < 1.29 is 0 Å². The normalized spacial score (nSPS) is 11.6. The summed E-state index contributed by atoms with van der Waals surface area (Å²) in [7, 11) is 0. The lowest BCUT2D eigenvalue weighted by Gasteiger charge is -2.11. The molecule has 6 heteroatoms. The maximum Gasteiger partial charge on any atom is 0.164 e.